The third kappa shape index (κ3) is 6.75. The SMILES string of the molecule is CN(C)C(=O)COC[C@@H]1C[C@H](n2cc(NC(=O)c3cccc(F)c3)cn2)CN1Cc1ccc(F)c(F)c1. The Morgan fingerprint density at radius 3 is 2.68 bits per heavy atom. The minimum atomic E-state index is -0.914. The number of aromatic nitrogens is 2. The van der Waals surface area contributed by atoms with Gasteiger partial charge in [-0.25, -0.2) is 13.2 Å². The highest BCUT2D eigenvalue weighted by atomic mass is 19.2. The van der Waals surface area contributed by atoms with Crippen LogP contribution in [0.25, 0.3) is 0 Å². The van der Waals surface area contributed by atoms with Crippen molar-refractivity contribution in [3.8, 4) is 0 Å². The van der Waals surface area contributed by atoms with Gasteiger partial charge < -0.3 is 15.0 Å². The highest BCUT2D eigenvalue weighted by Crippen LogP contribution is 2.30. The van der Waals surface area contributed by atoms with Gasteiger partial charge in [-0.2, -0.15) is 5.10 Å². The van der Waals surface area contributed by atoms with Crippen LogP contribution >= 0.6 is 0 Å². The van der Waals surface area contributed by atoms with Crippen molar-refractivity contribution in [3.63, 3.8) is 0 Å². The number of nitrogens with zero attached hydrogens (tertiary/aromatic N) is 4. The molecule has 8 nitrogen and oxygen atoms in total. The van der Waals surface area contributed by atoms with Crippen LogP contribution in [-0.4, -0.2) is 71.3 Å². The summed E-state index contributed by atoms with van der Waals surface area (Å²) in [7, 11) is 3.30. The Bertz CT molecular complexity index is 1270. The minimum Gasteiger partial charge on any atom is -0.370 e. The van der Waals surface area contributed by atoms with Crippen molar-refractivity contribution >= 4 is 17.5 Å². The van der Waals surface area contributed by atoms with Crippen molar-refractivity contribution in [3.05, 3.63) is 83.4 Å². The number of likely N-dealkylation sites (N-methyl/N-ethyl adjacent to an activating group) is 1. The van der Waals surface area contributed by atoms with E-state index in [1.54, 1.807) is 25.0 Å². The number of hydrogen-bond donors (Lipinski definition) is 1. The number of ether oxygens (including phenoxy) is 1. The lowest BCUT2D eigenvalue weighted by atomic mass is 10.1. The molecule has 0 bridgehead atoms. The summed E-state index contributed by atoms with van der Waals surface area (Å²) in [4.78, 5) is 27.9. The van der Waals surface area contributed by atoms with Crippen LogP contribution in [-0.2, 0) is 16.1 Å². The number of halogens is 3. The topological polar surface area (TPSA) is 79.7 Å². The number of nitrogens with one attached hydrogen (secondary N) is 1. The summed E-state index contributed by atoms with van der Waals surface area (Å²) in [5, 5.41) is 7.10. The van der Waals surface area contributed by atoms with Gasteiger partial charge in [-0.15, -0.1) is 0 Å². The lowest BCUT2D eigenvalue weighted by Gasteiger charge is -2.24. The quantitative estimate of drug-likeness (QED) is 0.472. The van der Waals surface area contributed by atoms with Crippen LogP contribution in [0, 0.1) is 17.5 Å². The van der Waals surface area contributed by atoms with E-state index in [0.717, 1.165) is 12.1 Å². The van der Waals surface area contributed by atoms with Crippen LogP contribution in [0.2, 0.25) is 0 Å². The fraction of sp³-hybridized carbons (Fsp3) is 0.346. The second kappa shape index (κ2) is 11.6. The Hall–Kier alpha value is -3.70. The van der Waals surface area contributed by atoms with Crippen LogP contribution in [0.5, 0.6) is 0 Å². The average Bonchev–Trinajstić information content (AvgIpc) is 3.48. The van der Waals surface area contributed by atoms with Crippen molar-refractivity contribution in [1.29, 1.82) is 0 Å². The number of rotatable bonds is 9. The zero-order valence-corrected chi connectivity index (χ0v) is 20.5. The molecule has 3 aromatic rings. The second-order valence-electron chi connectivity index (χ2n) is 9.20. The molecule has 1 N–H and O–H groups in total. The van der Waals surface area contributed by atoms with E-state index in [9.17, 15) is 22.8 Å². The summed E-state index contributed by atoms with van der Waals surface area (Å²) in [5.74, 6) is -2.94. The molecule has 2 heterocycles. The van der Waals surface area contributed by atoms with Gasteiger partial charge in [-0.05, 0) is 42.3 Å². The molecular formula is C26H28F3N5O3. The Labute approximate surface area is 212 Å². The first-order valence-electron chi connectivity index (χ1n) is 11.8. The smallest absolute Gasteiger partial charge is 0.255 e. The van der Waals surface area contributed by atoms with E-state index in [1.165, 1.54) is 41.4 Å². The first-order chi connectivity index (χ1) is 17.7. The molecular weight excluding hydrogens is 487 g/mol. The van der Waals surface area contributed by atoms with Crippen LogP contribution < -0.4 is 5.32 Å². The molecule has 37 heavy (non-hydrogen) atoms. The second-order valence-corrected chi connectivity index (χ2v) is 9.20. The Kier molecular flexibility index (Phi) is 8.24. The molecule has 1 aliphatic heterocycles. The molecule has 0 aliphatic carbocycles. The molecule has 2 amide bonds. The fourth-order valence-corrected chi connectivity index (χ4v) is 4.24. The summed E-state index contributed by atoms with van der Waals surface area (Å²) >= 11 is 0. The molecule has 1 saturated heterocycles. The minimum absolute atomic E-state index is 0.0643. The van der Waals surface area contributed by atoms with Crippen molar-refractivity contribution in [2.24, 2.45) is 0 Å². The Morgan fingerprint density at radius 1 is 1.14 bits per heavy atom. The monoisotopic (exact) mass is 515 g/mol. The number of anilines is 1. The van der Waals surface area contributed by atoms with Gasteiger partial charge in [0.25, 0.3) is 5.91 Å². The summed E-state index contributed by atoms with van der Waals surface area (Å²) in [6.45, 7) is 1.09. The van der Waals surface area contributed by atoms with Gasteiger partial charge in [0.1, 0.15) is 12.4 Å². The van der Waals surface area contributed by atoms with Crippen LogP contribution in [0.15, 0.2) is 54.9 Å². The molecule has 11 heteroatoms. The number of hydrogen-bond acceptors (Lipinski definition) is 5. The summed E-state index contributed by atoms with van der Waals surface area (Å²) in [6.07, 6.45) is 3.83. The van der Waals surface area contributed by atoms with Gasteiger partial charge in [0.15, 0.2) is 11.6 Å². The van der Waals surface area contributed by atoms with Gasteiger partial charge in [-0.1, -0.05) is 12.1 Å². The molecule has 0 unspecified atom stereocenters. The maximum Gasteiger partial charge on any atom is 0.255 e. The molecule has 2 aromatic carbocycles. The zero-order valence-electron chi connectivity index (χ0n) is 20.5. The van der Waals surface area contributed by atoms with Crippen molar-refractivity contribution in [2.45, 2.75) is 25.0 Å². The molecule has 2 atom stereocenters. The predicted molar refractivity (Wildman–Crippen MR) is 130 cm³/mol. The summed E-state index contributed by atoms with van der Waals surface area (Å²) in [5.41, 5.74) is 1.26. The number of benzene rings is 2. The molecule has 0 radical (unpaired) electrons. The van der Waals surface area contributed by atoms with Crippen LogP contribution in [0.4, 0.5) is 18.9 Å². The van der Waals surface area contributed by atoms with E-state index < -0.39 is 23.4 Å². The first-order valence-corrected chi connectivity index (χ1v) is 11.8. The van der Waals surface area contributed by atoms with Crippen LogP contribution in [0.1, 0.15) is 28.4 Å². The lowest BCUT2D eigenvalue weighted by molar-refractivity contribution is -0.134. The summed E-state index contributed by atoms with van der Waals surface area (Å²) < 4.78 is 48.0. The Morgan fingerprint density at radius 2 is 1.95 bits per heavy atom. The molecule has 1 aliphatic rings. The third-order valence-corrected chi connectivity index (χ3v) is 6.23. The van der Waals surface area contributed by atoms with Gasteiger partial charge in [0.05, 0.1) is 24.5 Å². The summed E-state index contributed by atoms with van der Waals surface area (Å²) in [6, 6.07) is 8.99. The molecule has 4 rings (SSSR count). The van der Waals surface area contributed by atoms with Crippen LogP contribution in [0.3, 0.4) is 0 Å². The van der Waals surface area contributed by atoms with Crippen molar-refractivity contribution in [1.82, 2.24) is 19.6 Å². The van der Waals surface area contributed by atoms with E-state index in [1.807, 2.05) is 0 Å². The van der Waals surface area contributed by atoms with E-state index in [0.29, 0.717) is 30.8 Å². The first kappa shape index (κ1) is 26.4. The average molecular weight is 516 g/mol. The van der Waals surface area contributed by atoms with E-state index >= 15 is 0 Å². The highest BCUT2D eigenvalue weighted by molar-refractivity contribution is 6.04. The van der Waals surface area contributed by atoms with Gasteiger partial charge in [0, 0.05) is 45.0 Å². The van der Waals surface area contributed by atoms with E-state index in [-0.39, 0.29) is 36.8 Å². The molecule has 1 aromatic heterocycles. The maximum absolute atomic E-state index is 13.8. The van der Waals surface area contributed by atoms with E-state index in [4.69, 9.17) is 4.74 Å². The predicted octanol–water partition coefficient (Wildman–Crippen LogP) is 3.47. The molecule has 1 fully saturated rings. The number of carbonyl (C=O) groups is 2. The number of amides is 2. The molecule has 196 valence electrons. The fourth-order valence-electron chi connectivity index (χ4n) is 4.24. The van der Waals surface area contributed by atoms with Gasteiger partial charge >= 0.3 is 0 Å². The normalized spacial score (nSPS) is 17.6. The standard InChI is InChI=1S/C26H28F3N5O3/c1-32(2)25(35)16-37-15-22-10-21(14-33(22)12-17-6-7-23(28)24(29)8-17)34-13-20(11-30-34)31-26(36)18-4-3-5-19(27)9-18/h3-9,11,13,21-22H,10,12,14-16H2,1-2H3,(H,31,36)/t21-,22-/m0/s1. The third-order valence-electron chi connectivity index (χ3n) is 6.23. The van der Waals surface area contributed by atoms with Crippen molar-refractivity contribution < 1.29 is 27.5 Å². The highest BCUT2D eigenvalue weighted by Gasteiger charge is 2.34. The number of likely N-dealkylation sites (tertiary alicyclic amines) is 1. The lowest BCUT2D eigenvalue weighted by Crippen LogP contribution is -2.34. The van der Waals surface area contributed by atoms with Crippen molar-refractivity contribution in [2.75, 3.05) is 39.2 Å². The number of carbonyl (C=O) groups excluding carboxylic acids is 2. The zero-order chi connectivity index (χ0) is 26.5. The molecule has 0 saturated carbocycles. The van der Waals surface area contributed by atoms with Gasteiger partial charge in [0.2, 0.25) is 5.91 Å². The van der Waals surface area contributed by atoms with E-state index in [2.05, 4.69) is 15.3 Å². The van der Waals surface area contributed by atoms with Gasteiger partial charge in [-0.3, -0.25) is 19.2 Å². The largest absolute Gasteiger partial charge is 0.370 e. The molecule has 0 spiro atoms. The maximum atomic E-state index is 13.8. The Balaban J connectivity index is 1.44.